The summed E-state index contributed by atoms with van der Waals surface area (Å²) in [6, 6.07) is 0.613. The molecule has 18 heavy (non-hydrogen) atoms. The molecule has 0 radical (unpaired) electrons. The third-order valence-electron chi connectivity index (χ3n) is 4.68. The average molecular weight is 267 g/mol. The van der Waals surface area contributed by atoms with E-state index in [1.165, 1.54) is 62.5 Å². The molecule has 3 aliphatic rings. The van der Waals surface area contributed by atoms with Crippen molar-refractivity contribution in [1.29, 1.82) is 0 Å². The molecule has 102 valence electrons. The van der Waals surface area contributed by atoms with Gasteiger partial charge in [0.1, 0.15) is 0 Å². The number of hydrogen-bond donors (Lipinski definition) is 1. The van der Waals surface area contributed by atoms with Crippen molar-refractivity contribution in [3.63, 3.8) is 0 Å². The van der Waals surface area contributed by atoms with E-state index in [4.69, 9.17) is 4.99 Å². The van der Waals surface area contributed by atoms with E-state index in [-0.39, 0.29) is 0 Å². The predicted octanol–water partition coefficient (Wildman–Crippen LogP) is 2.48. The zero-order chi connectivity index (χ0) is 12.4. The lowest BCUT2D eigenvalue weighted by atomic mass is 10.0. The Bertz CT molecular complexity index is 317. The minimum absolute atomic E-state index is 0.417. The van der Waals surface area contributed by atoms with Crippen molar-refractivity contribution < 1.29 is 0 Å². The maximum Gasteiger partial charge on any atom is 0.157 e. The fourth-order valence-corrected chi connectivity index (χ4v) is 4.65. The molecule has 0 bridgehead atoms. The summed E-state index contributed by atoms with van der Waals surface area (Å²) in [6.07, 6.45) is 8.23. The summed E-state index contributed by atoms with van der Waals surface area (Å²) < 4.78 is 0. The highest BCUT2D eigenvalue weighted by Gasteiger charge is 2.39. The molecule has 2 heterocycles. The van der Waals surface area contributed by atoms with Gasteiger partial charge in [0.05, 0.1) is 6.54 Å². The zero-order valence-corrected chi connectivity index (χ0v) is 12.3. The first-order chi connectivity index (χ1) is 8.77. The van der Waals surface area contributed by atoms with Gasteiger partial charge in [0, 0.05) is 17.3 Å². The summed E-state index contributed by atoms with van der Waals surface area (Å²) in [7, 11) is 0. The van der Waals surface area contributed by atoms with Crippen molar-refractivity contribution in [3.8, 4) is 0 Å². The van der Waals surface area contributed by atoms with E-state index < -0.39 is 0 Å². The Hall–Kier alpha value is -0.220. The number of aliphatic imine (C=N–C) groups is 1. The molecule has 2 aliphatic heterocycles. The summed E-state index contributed by atoms with van der Waals surface area (Å²) in [6.45, 7) is 5.83. The lowest BCUT2D eigenvalue weighted by molar-refractivity contribution is 0.265. The van der Waals surface area contributed by atoms with Crippen LogP contribution < -0.4 is 5.32 Å². The largest absolute Gasteiger partial charge is 0.359 e. The number of thioether (sulfide) groups is 1. The van der Waals surface area contributed by atoms with Gasteiger partial charge in [-0.25, -0.2) is 0 Å². The fourth-order valence-electron chi connectivity index (χ4n) is 3.42. The van der Waals surface area contributed by atoms with Gasteiger partial charge in [0.2, 0.25) is 0 Å². The SMILES string of the molecule is CC(CN=C1NC2(CCCC2)CS1)N1CCCC1. The molecule has 0 aromatic carbocycles. The minimum atomic E-state index is 0.417. The van der Waals surface area contributed by atoms with Crippen LogP contribution in [0.15, 0.2) is 4.99 Å². The molecule has 1 aliphatic carbocycles. The van der Waals surface area contributed by atoms with Gasteiger partial charge < -0.3 is 5.32 Å². The van der Waals surface area contributed by atoms with Crippen molar-refractivity contribution in [2.45, 2.75) is 57.0 Å². The topological polar surface area (TPSA) is 27.6 Å². The number of likely N-dealkylation sites (tertiary alicyclic amines) is 1. The Morgan fingerprint density at radius 1 is 1.28 bits per heavy atom. The highest BCUT2D eigenvalue weighted by molar-refractivity contribution is 8.14. The molecule has 1 atom stereocenters. The molecule has 3 nitrogen and oxygen atoms in total. The predicted molar refractivity (Wildman–Crippen MR) is 79.4 cm³/mol. The van der Waals surface area contributed by atoms with E-state index in [0.29, 0.717) is 11.6 Å². The molecular formula is C14H25N3S. The van der Waals surface area contributed by atoms with E-state index in [9.17, 15) is 0 Å². The van der Waals surface area contributed by atoms with Crippen LogP contribution in [0, 0.1) is 0 Å². The van der Waals surface area contributed by atoms with Crippen molar-refractivity contribution in [2.24, 2.45) is 4.99 Å². The Labute approximate surface area is 115 Å². The quantitative estimate of drug-likeness (QED) is 0.851. The number of amidine groups is 1. The normalized spacial score (nSPS) is 31.3. The first kappa shape index (κ1) is 12.8. The van der Waals surface area contributed by atoms with Gasteiger partial charge in [-0.1, -0.05) is 24.6 Å². The van der Waals surface area contributed by atoms with E-state index in [1.54, 1.807) is 0 Å². The second-order valence-electron chi connectivity index (χ2n) is 6.14. The van der Waals surface area contributed by atoms with Gasteiger partial charge in [0.25, 0.3) is 0 Å². The Balaban J connectivity index is 1.51. The number of nitrogens with zero attached hydrogens (tertiary/aromatic N) is 2. The minimum Gasteiger partial charge on any atom is -0.359 e. The van der Waals surface area contributed by atoms with Crippen molar-refractivity contribution in [2.75, 3.05) is 25.4 Å². The third-order valence-corrected chi connectivity index (χ3v) is 5.88. The molecule has 3 fully saturated rings. The summed E-state index contributed by atoms with van der Waals surface area (Å²) in [5.41, 5.74) is 0.417. The standard InChI is InChI=1S/C14H25N3S/c1-12(17-8-4-5-9-17)10-15-13-16-14(11-18-13)6-2-3-7-14/h12H,2-11H2,1H3,(H,15,16). The van der Waals surface area contributed by atoms with Crippen LogP contribution >= 0.6 is 11.8 Å². The van der Waals surface area contributed by atoms with E-state index >= 15 is 0 Å². The summed E-state index contributed by atoms with van der Waals surface area (Å²) in [4.78, 5) is 7.39. The van der Waals surface area contributed by atoms with Crippen LogP contribution in [0.2, 0.25) is 0 Å². The van der Waals surface area contributed by atoms with E-state index in [1.807, 2.05) is 11.8 Å². The van der Waals surface area contributed by atoms with Crippen LogP contribution in [0.3, 0.4) is 0 Å². The Morgan fingerprint density at radius 3 is 2.72 bits per heavy atom. The first-order valence-electron chi connectivity index (χ1n) is 7.47. The summed E-state index contributed by atoms with van der Waals surface area (Å²) in [5, 5.41) is 4.92. The Kier molecular flexibility index (Phi) is 3.85. The first-order valence-corrected chi connectivity index (χ1v) is 8.46. The van der Waals surface area contributed by atoms with E-state index in [2.05, 4.69) is 17.1 Å². The lowest BCUT2D eigenvalue weighted by Crippen LogP contribution is -2.41. The molecule has 1 N–H and O–H groups in total. The van der Waals surface area contributed by atoms with Crippen molar-refractivity contribution in [3.05, 3.63) is 0 Å². The highest BCUT2D eigenvalue weighted by atomic mass is 32.2. The fraction of sp³-hybridized carbons (Fsp3) is 0.929. The van der Waals surface area contributed by atoms with E-state index in [0.717, 1.165) is 6.54 Å². The van der Waals surface area contributed by atoms with Gasteiger partial charge in [-0.05, 0) is 45.7 Å². The second kappa shape index (κ2) is 5.41. The second-order valence-corrected chi connectivity index (χ2v) is 7.10. The molecular weight excluding hydrogens is 242 g/mol. The molecule has 1 spiro atoms. The zero-order valence-electron chi connectivity index (χ0n) is 11.5. The lowest BCUT2D eigenvalue weighted by Gasteiger charge is -2.23. The number of hydrogen-bond acceptors (Lipinski definition) is 3. The monoisotopic (exact) mass is 267 g/mol. The van der Waals surface area contributed by atoms with Crippen LogP contribution in [0.25, 0.3) is 0 Å². The molecule has 4 heteroatoms. The van der Waals surface area contributed by atoms with Crippen molar-refractivity contribution in [1.82, 2.24) is 10.2 Å². The molecule has 1 unspecified atom stereocenters. The van der Waals surface area contributed by atoms with Gasteiger partial charge in [-0.2, -0.15) is 0 Å². The maximum atomic E-state index is 4.81. The van der Waals surface area contributed by atoms with Crippen LogP contribution in [0.1, 0.15) is 45.4 Å². The van der Waals surface area contributed by atoms with Crippen molar-refractivity contribution >= 4 is 16.9 Å². The summed E-state index contributed by atoms with van der Waals surface area (Å²) in [5.74, 6) is 1.24. The maximum absolute atomic E-state index is 4.81. The molecule has 2 saturated heterocycles. The molecule has 1 saturated carbocycles. The number of rotatable bonds is 3. The van der Waals surface area contributed by atoms with Crippen LogP contribution in [0.4, 0.5) is 0 Å². The van der Waals surface area contributed by atoms with Gasteiger partial charge in [-0.3, -0.25) is 9.89 Å². The molecule has 0 amide bonds. The smallest absolute Gasteiger partial charge is 0.157 e. The Morgan fingerprint density at radius 2 is 2.00 bits per heavy atom. The van der Waals surface area contributed by atoms with Crippen LogP contribution in [-0.4, -0.2) is 47.0 Å². The van der Waals surface area contributed by atoms with Crippen LogP contribution in [-0.2, 0) is 0 Å². The van der Waals surface area contributed by atoms with Gasteiger partial charge in [-0.15, -0.1) is 0 Å². The molecule has 0 aromatic heterocycles. The van der Waals surface area contributed by atoms with Gasteiger partial charge >= 0.3 is 0 Å². The van der Waals surface area contributed by atoms with Crippen LogP contribution in [0.5, 0.6) is 0 Å². The molecule has 3 rings (SSSR count). The molecule has 0 aromatic rings. The highest BCUT2D eigenvalue weighted by Crippen LogP contribution is 2.37. The third kappa shape index (κ3) is 2.69. The van der Waals surface area contributed by atoms with Gasteiger partial charge in [0.15, 0.2) is 5.17 Å². The average Bonchev–Trinajstić information content (AvgIpc) is 3.09. The number of nitrogens with one attached hydrogen (secondary N) is 1. The summed E-state index contributed by atoms with van der Waals surface area (Å²) >= 11 is 1.94.